The van der Waals surface area contributed by atoms with Crippen molar-refractivity contribution in [1.82, 2.24) is 15.0 Å². The van der Waals surface area contributed by atoms with Crippen molar-refractivity contribution in [2.24, 2.45) is 0 Å². The second kappa shape index (κ2) is 9.90. The number of amides is 1. The van der Waals surface area contributed by atoms with Crippen LogP contribution in [-0.4, -0.2) is 51.4 Å². The Morgan fingerprint density at radius 3 is 2.18 bits per heavy atom. The first-order chi connectivity index (χ1) is 16.4. The zero-order chi connectivity index (χ0) is 24.2. The molecular weight excluding hydrogens is 438 g/mol. The lowest BCUT2D eigenvalue weighted by molar-refractivity contribution is 0.0304. The topological polar surface area (TPSA) is 121 Å². The average Bonchev–Trinajstić information content (AvgIpc) is 2.84. The quantitative estimate of drug-likeness (QED) is 0.439. The number of carboxylic acid groups (broad SMARTS) is 1. The normalized spacial score (nSPS) is 15.4. The Balaban J connectivity index is 1.94. The molecule has 2 aromatic carbocycles. The zero-order valence-corrected chi connectivity index (χ0v) is 18.5. The van der Waals surface area contributed by atoms with Crippen LogP contribution in [0.4, 0.5) is 0 Å². The fourth-order valence-electron chi connectivity index (χ4n) is 4.19. The number of pyridine rings is 1. The Labute approximate surface area is 195 Å². The lowest BCUT2D eigenvalue weighted by atomic mass is 9.88. The van der Waals surface area contributed by atoms with Gasteiger partial charge in [0.05, 0.1) is 13.2 Å². The number of carbonyl (C=O) groups is 2. The van der Waals surface area contributed by atoms with Gasteiger partial charge in [-0.25, -0.2) is 10.2 Å². The molecule has 1 amide bonds. The molecule has 0 spiro atoms. The van der Waals surface area contributed by atoms with Gasteiger partial charge in [0.2, 0.25) is 5.43 Å². The average molecular weight is 463 g/mol. The predicted octanol–water partition coefficient (Wildman–Crippen LogP) is 2.58. The van der Waals surface area contributed by atoms with E-state index in [4.69, 9.17) is 4.74 Å². The molecule has 4 rings (SSSR count). The van der Waals surface area contributed by atoms with Gasteiger partial charge in [0, 0.05) is 18.7 Å². The third-order valence-corrected chi connectivity index (χ3v) is 5.77. The third-order valence-electron chi connectivity index (χ3n) is 5.77. The number of nitrogens with one attached hydrogen (secondary N) is 1. The number of rotatable bonds is 8. The molecule has 0 bridgehead atoms. The van der Waals surface area contributed by atoms with Crippen LogP contribution in [0.15, 0.2) is 71.7 Å². The summed E-state index contributed by atoms with van der Waals surface area (Å²) in [6.07, 6.45) is 0.386. The second-order valence-electron chi connectivity index (χ2n) is 7.81. The Morgan fingerprint density at radius 1 is 1.06 bits per heavy atom. The van der Waals surface area contributed by atoms with E-state index in [1.165, 1.54) is 9.58 Å². The number of carboxylic acids is 1. The summed E-state index contributed by atoms with van der Waals surface area (Å²) in [7, 11) is 0. The number of aromatic hydroxyl groups is 1. The van der Waals surface area contributed by atoms with Gasteiger partial charge in [-0.3, -0.25) is 14.6 Å². The molecule has 0 aliphatic carbocycles. The SMILES string of the molecule is CCOCCN1N[C@H](C(c2ccccc2)c2ccccc2)n2cc(C(=O)O)c(=O)c(O)c2C1=O. The molecule has 0 fully saturated rings. The Bertz CT molecular complexity index is 1200. The van der Waals surface area contributed by atoms with Crippen LogP contribution >= 0.6 is 0 Å². The summed E-state index contributed by atoms with van der Waals surface area (Å²) >= 11 is 0. The Hall–Kier alpha value is -3.95. The smallest absolute Gasteiger partial charge is 0.341 e. The van der Waals surface area contributed by atoms with Crippen LogP contribution in [0.5, 0.6) is 5.75 Å². The molecule has 2 heterocycles. The van der Waals surface area contributed by atoms with Gasteiger partial charge in [-0.2, -0.15) is 0 Å². The van der Waals surface area contributed by atoms with Gasteiger partial charge in [-0.1, -0.05) is 60.7 Å². The van der Waals surface area contributed by atoms with Crippen molar-refractivity contribution in [2.45, 2.75) is 19.0 Å². The molecule has 1 atom stereocenters. The highest BCUT2D eigenvalue weighted by Gasteiger charge is 2.39. The molecule has 1 aliphatic rings. The highest BCUT2D eigenvalue weighted by Crippen LogP contribution is 2.37. The van der Waals surface area contributed by atoms with Crippen molar-refractivity contribution in [3.8, 4) is 5.75 Å². The van der Waals surface area contributed by atoms with E-state index in [0.717, 1.165) is 17.3 Å². The van der Waals surface area contributed by atoms with E-state index in [0.29, 0.717) is 6.61 Å². The van der Waals surface area contributed by atoms with Gasteiger partial charge in [0.25, 0.3) is 5.91 Å². The highest BCUT2D eigenvalue weighted by atomic mass is 16.5. The molecule has 0 saturated heterocycles. The first kappa shape index (κ1) is 23.2. The molecule has 1 aromatic heterocycles. The van der Waals surface area contributed by atoms with Crippen LogP contribution in [0.2, 0.25) is 0 Å². The molecule has 34 heavy (non-hydrogen) atoms. The van der Waals surface area contributed by atoms with Gasteiger partial charge in [0.1, 0.15) is 11.7 Å². The van der Waals surface area contributed by atoms with Gasteiger partial charge in [-0.15, -0.1) is 0 Å². The number of hydrogen-bond donors (Lipinski definition) is 3. The van der Waals surface area contributed by atoms with Crippen LogP contribution < -0.4 is 10.9 Å². The van der Waals surface area contributed by atoms with Gasteiger partial charge in [0.15, 0.2) is 11.4 Å². The predicted molar refractivity (Wildman–Crippen MR) is 124 cm³/mol. The first-order valence-corrected chi connectivity index (χ1v) is 10.9. The number of carbonyl (C=O) groups excluding carboxylic acids is 1. The summed E-state index contributed by atoms with van der Waals surface area (Å²) in [6.45, 7) is 2.70. The minimum absolute atomic E-state index is 0.161. The number of fused-ring (bicyclic) bond motifs is 1. The summed E-state index contributed by atoms with van der Waals surface area (Å²) in [5, 5.41) is 21.5. The van der Waals surface area contributed by atoms with Crippen molar-refractivity contribution in [1.29, 1.82) is 0 Å². The van der Waals surface area contributed by atoms with Crippen molar-refractivity contribution in [3.05, 3.63) is 99.5 Å². The minimum Gasteiger partial charge on any atom is -0.503 e. The van der Waals surface area contributed by atoms with E-state index in [1.807, 2.05) is 67.6 Å². The summed E-state index contributed by atoms with van der Waals surface area (Å²) in [6, 6.07) is 19.0. The fourth-order valence-corrected chi connectivity index (χ4v) is 4.19. The number of nitrogens with zero attached hydrogens (tertiary/aromatic N) is 2. The lowest BCUT2D eigenvalue weighted by Crippen LogP contribution is -2.55. The Morgan fingerprint density at radius 2 is 1.65 bits per heavy atom. The maximum absolute atomic E-state index is 13.2. The van der Waals surface area contributed by atoms with Crippen molar-refractivity contribution >= 4 is 11.9 Å². The molecule has 0 saturated carbocycles. The number of aromatic nitrogens is 1. The number of hydrogen-bond acceptors (Lipinski definition) is 6. The summed E-state index contributed by atoms with van der Waals surface area (Å²) in [5.74, 6) is -3.43. The summed E-state index contributed by atoms with van der Waals surface area (Å²) < 4.78 is 6.75. The van der Waals surface area contributed by atoms with E-state index in [2.05, 4.69) is 5.43 Å². The van der Waals surface area contributed by atoms with Gasteiger partial charge < -0.3 is 19.5 Å². The molecular formula is C25H25N3O6. The van der Waals surface area contributed by atoms with E-state index in [-0.39, 0.29) is 18.8 Å². The zero-order valence-electron chi connectivity index (χ0n) is 18.5. The molecule has 3 aromatic rings. The minimum atomic E-state index is -1.49. The number of ether oxygens (including phenoxy) is 1. The van der Waals surface area contributed by atoms with Crippen molar-refractivity contribution < 1.29 is 24.5 Å². The first-order valence-electron chi connectivity index (χ1n) is 10.9. The Kier molecular flexibility index (Phi) is 6.76. The molecule has 9 nitrogen and oxygen atoms in total. The standard InChI is InChI=1S/C25H25N3O6/c1-2-34-14-13-28-24(31)20-22(30)21(29)18(25(32)33)15-27(20)23(26-28)19(16-9-5-3-6-10-16)17-11-7-4-8-12-17/h3-12,15,19,23,26,30H,2,13-14H2,1H3,(H,32,33)/t23-/m0/s1. The number of benzene rings is 2. The summed E-state index contributed by atoms with van der Waals surface area (Å²) in [5.41, 5.74) is 2.98. The maximum Gasteiger partial charge on any atom is 0.341 e. The van der Waals surface area contributed by atoms with Crippen LogP contribution in [0.1, 0.15) is 51.0 Å². The van der Waals surface area contributed by atoms with E-state index in [9.17, 15) is 24.6 Å². The lowest BCUT2D eigenvalue weighted by Gasteiger charge is -2.41. The number of hydrazine groups is 1. The van der Waals surface area contributed by atoms with Crippen LogP contribution in [-0.2, 0) is 4.74 Å². The van der Waals surface area contributed by atoms with Crippen LogP contribution in [0, 0.1) is 0 Å². The molecule has 0 radical (unpaired) electrons. The molecule has 176 valence electrons. The monoisotopic (exact) mass is 463 g/mol. The van der Waals surface area contributed by atoms with E-state index in [1.54, 1.807) is 0 Å². The molecule has 9 heteroatoms. The number of aromatic carboxylic acids is 1. The highest BCUT2D eigenvalue weighted by molar-refractivity contribution is 5.97. The molecule has 3 N–H and O–H groups in total. The van der Waals surface area contributed by atoms with Crippen LogP contribution in [0.25, 0.3) is 0 Å². The fraction of sp³-hybridized carbons (Fsp3) is 0.240. The van der Waals surface area contributed by atoms with E-state index < -0.39 is 40.7 Å². The largest absolute Gasteiger partial charge is 0.503 e. The summed E-state index contributed by atoms with van der Waals surface area (Å²) in [4.78, 5) is 37.5. The van der Waals surface area contributed by atoms with Crippen molar-refractivity contribution in [3.63, 3.8) is 0 Å². The molecule has 0 unspecified atom stereocenters. The van der Waals surface area contributed by atoms with Crippen LogP contribution in [0.3, 0.4) is 0 Å². The van der Waals surface area contributed by atoms with Gasteiger partial charge in [-0.05, 0) is 18.1 Å². The van der Waals surface area contributed by atoms with E-state index >= 15 is 0 Å². The second-order valence-corrected chi connectivity index (χ2v) is 7.81. The maximum atomic E-state index is 13.2. The van der Waals surface area contributed by atoms with Crippen molar-refractivity contribution in [2.75, 3.05) is 19.8 Å². The van der Waals surface area contributed by atoms with Gasteiger partial charge >= 0.3 is 5.97 Å². The molecule has 1 aliphatic heterocycles. The third kappa shape index (κ3) is 4.30.